The summed E-state index contributed by atoms with van der Waals surface area (Å²) in [7, 11) is 0. The van der Waals surface area contributed by atoms with Crippen LogP contribution in [0.25, 0.3) is 10.8 Å². The number of nitrogens with zero attached hydrogens (tertiary/aromatic N) is 1. The van der Waals surface area contributed by atoms with Crippen LogP contribution < -0.4 is 5.32 Å². The maximum atomic E-state index is 12.3. The fraction of sp³-hybridized carbons (Fsp3) is 0.389. The van der Waals surface area contributed by atoms with Gasteiger partial charge in [-0.05, 0) is 25.3 Å². The number of ether oxygens (including phenoxy) is 1. The first-order chi connectivity index (χ1) is 10.6. The van der Waals surface area contributed by atoms with Crippen molar-refractivity contribution in [2.75, 3.05) is 25.0 Å². The Balaban J connectivity index is 1.68. The van der Waals surface area contributed by atoms with Crippen molar-refractivity contribution >= 4 is 22.4 Å². The number of hydrogen-bond acceptors (Lipinski definition) is 3. The third-order valence-electron chi connectivity index (χ3n) is 3.93. The van der Waals surface area contributed by atoms with Crippen molar-refractivity contribution in [3.8, 4) is 0 Å². The molecule has 1 saturated heterocycles. The first-order valence-electron chi connectivity index (χ1n) is 7.77. The Morgan fingerprint density at radius 1 is 1.14 bits per heavy atom. The van der Waals surface area contributed by atoms with Crippen LogP contribution in [0.1, 0.15) is 13.8 Å². The lowest BCUT2D eigenvalue weighted by Gasteiger charge is -2.34. The van der Waals surface area contributed by atoms with Gasteiger partial charge in [0.15, 0.2) is 0 Å². The van der Waals surface area contributed by atoms with Crippen LogP contribution in [-0.2, 0) is 9.53 Å². The lowest BCUT2D eigenvalue weighted by atomic mass is 10.1. The van der Waals surface area contributed by atoms with Gasteiger partial charge in [0.1, 0.15) is 0 Å². The molecule has 1 N–H and O–H groups in total. The van der Waals surface area contributed by atoms with E-state index in [9.17, 15) is 4.79 Å². The summed E-state index contributed by atoms with van der Waals surface area (Å²) in [6.45, 7) is 6.10. The number of hydrogen-bond donors (Lipinski definition) is 1. The van der Waals surface area contributed by atoms with Gasteiger partial charge in [-0.15, -0.1) is 0 Å². The molecule has 22 heavy (non-hydrogen) atoms. The first-order valence-corrected chi connectivity index (χ1v) is 7.77. The third-order valence-corrected chi connectivity index (χ3v) is 3.93. The van der Waals surface area contributed by atoms with Gasteiger partial charge in [0.25, 0.3) is 0 Å². The molecule has 4 nitrogen and oxygen atoms in total. The molecule has 0 unspecified atom stereocenters. The van der Waals surface area contributed by atoms with E-state index in [1.165, 1.54) is 0 Å². The van der Waals surface area contributed by atoms with Crippen LogP contribution in [0, 0.1) is 0 Å². The van der Waals surface area contributed by atoms with E-state index in [0.717, 1.165) is 29.5 Å². The molecule has 0 spiro atoms. The van der Waals surface area contributed by atoms with E-state index >= 15 is 0 Å². The lowest BCUT2D eigenvalue weighted by molar-refractivity contribution is -0.121. The molecule has 116 valence electrons. The summed E-state index contributed by atoms with van der Waals surface area (Å²) >= 11 is 0. The SMILES string of the molecule is C[C@@H]1CN(CC(=O)Nc2cccc3ccccc23)C[C@H](C)O1. The fourth-order valence-electron chi connectivity index (χ4n) is 3.14. The smallest absolute Gasteiger partial charge is 0.238 e. The molecule has 0 bridgehead atoms. The van der Waals surface area contributed by atoms with Gasteiger partial charge >= 0.3 is 0 Å². The zero-order chi connectivity index (χ0) is 15.5. The number of rotatable bonds is 3. The molecule has 1 fully saturated rings. The highest BCUT2D eigenvalue weighted by Gasteiger charge is 2.23. The van der Waals surface area contributed by atoms with E-state index in [4.69, 9.17) is 4.74 Å². The van der Waals surface area contributed by atoms with Crippen LogP contribution in [0.3, 0.4) is 0 Å². The number of anilines is 1. The first kappa shape index (κ1) is 15.0. The number of carbonyl (C=O) groups excluding carboxylic acids is 1. The minimum atomic E-state index is 0.0256. The molecule has 3 rings (SSSR count). The summed E-state index contributed by atoms with van der Waals surface area (Å²) in [4.78, 5) is 14.5. The molecule has 2 atom stereocenters. The van der Waals surface area contributed by atoms with Crippen LogP contribution in [0.15, 0.2) is 42.5 Å². The number of amides is 1. The normalized spacial score (nSPS) is 22.6. The Bertz CT molecular complexity index is 656. The van der Waals surface area contributed by atoms with E-state index in [2.05, 4.69) is 22.3 Å². The Hall–Kier alpha value is -1.91. The highest BCUT2D eigenvalue weighted by molar-refractivity contribution is 6.02. The Kier molecular flexibility index (Phi) is 4.41. The molecule has 1 aliphatic rings. The summed E-state index contributed by atoms with van der Waals surface area (Å²) in [6.07, 6.45) is 0.350. The van der Waals surface area contributed by atoms with Gasteiger partial charge in [-0.3, -0.25) is 9.69 Å². The molecule has 0 aliphatic carbocycles. The zero-order valence-electron chi connectivity index (χ0n) is 13.1. The summed E-state index contributed by atoms with van der Waals surface area (Å²) in [5, 5.41) is 5.25. The van der Waals surface area contributed by atoms with E-state index in [1.54, 1.807) is 0 Å². The average Bonchev–Trinajstić information content (AvgIpc) is 2.46. The van der Waals surface area contributed by atoms with E-state index in [1.807, 2.05) is 44.2 Å². The van der Waals surface area contributed by atoms with Gasteiger partial charge in [-0.1, -0.05) is 36.4 Å². The summed E-state index contributed by atoms with van der Waals surface area (Å²) in [6, 6.07) is 14.0. The summed E-state index contributed by atoms with van der Waals surface area (Å²) in [5.41, 5.74) is 0.873. The largest absolute Gasteiger partial charge is 0.373 e. The minimum absolute atomic E-state index is 0.0256. The van der Waals surface area contributed by atoms with Crippen molar-refractivity contribution in [3.63, 3.8) is 0 Å². The maximum absolute atomic E-state index is 12.3. The minimum Gasteiger partial charge on any atom is -0.373 e. The molecule has 1 amide bonds. The highest BCUT2D eigenvalue weighted by atomic mass is 16.5. The molecule has 0 aromatic heterocycles. The standard InChI is InChI=1S/C18H22N2O2/c1-13-10-20(11-14(2)22-13)12-18(21)19-17-9-5-7-15-6-3-4-8-16(15)17/h3-9,13-14H,10-12H2,1-2H3,(H,19,21)/t13-,14+. The third kappa shape index (κ3) is 3.46. The lowest BCUT2D eigenvalue weighted by Crippen LogP contribution is -2.48. The second-order valence-electron chi connectivity index (χ2n) is 6.03. The van der Waals surface area contributed by atoms with Gasteiger partial charge < -0.3 is 10.1 Å². The number of morpholine rings is 1. The Morgan fingerprint density at radius 2 is 1.82 bits per heavy atom. The molecule has 0 radical (unpaired) electrons. The summed E-state index contributed by atoms with van der Waals surface area (Å²) in [5.74, 6) is 0.0256. The monoisotopic (exact) mass is 298 g/mol. The Labute approximate surface area is 131 Å². The van der Waals surface area contributed by atoms with Gasteiger partial charge in [-0.2, -0.15) is 0 Å². The van der Waals surface area contributed by atoms with E-state index < -0.39 is 0 Å². The molecule has 1 heterocycles. The van der Waals surface area contributed by atoms with Gasteiger partial charge in [0.05, 0.1) is 18.8 Å². The number of nitrogens with one attached hydrogen (secondary N) is 1. The topological polar surface area (TPSA) is 41.6 Å². The van der Waals surface area contributed by atoms with Crippen LogP contribution in [-0.4, -0.2) is 42.6 Å². The zero-order valence-corrected chi connectivity index (χ0v) is 13.1. The predicted octanol–water partition coefficient (Wildman–Crippen LogP) is 2.89. The number of carbonyl (C=O) groups is 1. The van der Waals surface area contributed by atoms with Gasteiger partial charge in [-0.25, -0.2) is 0 Å². The van der Waals surface area contributed by atoms with Crippen molar-refractivity contribution in [1.82, 2.24) is 4.90 Å². The van der Waals surface area contributed by atoms with Crippen LogP contribution in [0.4, 0.5) is 5.69 Å². The van der Waals surface area contributed by atoms with Crippen LogP contribution >= 0.6 is 0 Å². The number of benzene rings is 2. The fourth-order valence-corrected chi connectivity index (χ4v) is 3.14. The quantitative estimate of drug-likeness (QED) is 0.947. The molecule has 1 aliphatic heterocycles. The second-order valence-corrected chi connectivity index (χ2v) is 6.03. The van der Waals surface area contributed by atoms with Gasteiger partial charge in [0, 0.05) is 24.2 Å². The predicted molar refractivity (Wildman–Crippen MR) is 89.0 cm³/mol. The maximum Gasteiger partial charge on any atom is 0.238 e. The van der Waals surface area contributed by atoms with Crippen molar-refractivity contribution in [1.29, 1.82) is 0 Å². The summed E-state index contributed by atoms with van der Waals surface area (Å²) < 4.78 is 5.70. The van der Waals surface area contributed by atoms with Crippen molar-refractivity contribution in [2.45, 2.75) is 26.1 Å². The molecule has 0 saturated carbocycles. The number of fused-ring (bicyclic) bond motifs is 1. The molecular weight excluding hydrogens is 276 g/mol. The molecular formula is C18H22N2O2. The Morgan fingerprint density at radius 3 is 2.59 bits per heavy atom. The van der Waals surface area contributed by atoms with Crippen LogP contribution in [0.5, 0.6) is 0 Å². The highest BCUT2D eigenvalue weighted by Crippen LogP contribution is 2.23. The molecule has 4 heteroatoms. The van der Waals surface area contributed by atoms with E-state index in [0.29, 0.717) is 6.54 Å². The van der Waals surface area contributed by atoms with Gasteiger partial charge in [0.2, 0.25) is 5.91 Å². The molecule has 2 aromatic carbocycles. The molecule has 2 aromatic rings. The average molecular weight is 298 g/mol. The van der Waals surface area contributed by atoms with Crippen molar-refractivity contribution in [2.24, 2.45) is 0 Å². The van der Waals surface area contributed by atoms with Crippen molar-refractivity contribution < 1.29 is 9.53 Å². The second kappa shape index (κ2) is 6.46. The van der Waals surface area contributed by atoms with Crippen LogP contribution in [0.2, 0.25) is 0 Å². The van der Waals surface area contributed by atoms with Crippen molar-refractivity contribution in [3.05, 3.63) is 42.5 Å². The van der Waals surface area contributed by atoms with E-state index in [-0.39, 0.29) is 18.1 Å².